The first-order valence-corrected chi connectivity index (χ1v) is 5.80. The summed E-state index contributed by atoms with van der Waals surface area (Å²) in [5, 5.41) is 12.4. The number of rotatable bonds is 6. The summed E-state index contributed by atoms with van der Waals surface area (Å²) in [6.45, 7) is 2.32. The van der Waals surface area contributed by atoms with E-state index in [2.05, 4.69) is 5.32 Å². The van der Waals surface area contributed by atoms with Crippen LogP contribution < -0.4 is 10.1 Å². The standard InChI is InChI=1S/C11H13Cl2NO3/c1-7(11(15)16)14-4-5-17-10-3-2-8(12)6-9(10)13/h2-3,6-7,14H,4-5H2,1H3,(H,15,16)/t7-/m0/s1. The van der Waals surface area contributed by atoms with E-state index in [4.69, 9.17) is 33.0 Å². The Bertz CT molecular complexity index is 398. The van der Waals surface area contributed by atoms with Gasteiger partial charge in [-0.1, -0.05) is 23.2 Å². The highest BCUT2D eigenvalue weighted by molar-refractivity contribution is 6.35. The predicted octanol–water partition coefficient (Wildman–Crippen LogP) is 2.43. The summed E-state index contributed by atoms with van der Waals surface area (Å²) in [4.78, 5) is 10.5. The van der Waals surface area contributed by atoms with Gasteiger partial charge in [0.15, 0.2) is 0 Å². The van der Waals surface area contributed by atoms with Gasteiger partial charge in [-0.3, -0.25) is 4.79 Å². The Balaban J connectivity index is 2.34. The molecule has 1 aromatic carbocycles. The minimum Gasteiger partial charge on any atom is -0.491 e. The van der Waals surface area contributed by atoms with Gasteiger partial charge in [-0.05, 0) is 25.1 Å². The number of hydrogen-bond donors (Lipinski definition) is 2. The molecular weight excluding hydrogens is 265 g/mol. The summed E-state index contributed by atoms with van der Waals surface area (Å²) < 4.78 is 5.38. The molecule has 94 valence electrons. The average molecular weight is 278 g/mol. The second-order valence-electron chi connectivity index (χ2n) is 3.44. The highest BCUT2D eigenvalue weighted by atomic mass is 35.5. The monoisotopic (exact) mass is 277 g/mol. The maximum Gasteiger partial charge on any atom is 0.320 e. The van der Waals surface area contributed by atoms with E-state index in [9.17, 15) is 4.79 Å². The molecule has 1 atom stereocenters. The number of hydrogen-bond acceptors (Lipinski definition) is 3. The van der Waals surface area contributed by atoms with Crippen LogP contribution in [0.3, 0.4) is 0 Å². The van der Waals surface area contributed by atoms with Crippen molar-refractivity contribution in [2.45, 2.75) is 13.0 Å². The Labute approximate surface area is 109 Å². The van der Waals surface area contributed by atoms with Crippen LogP contribution in [0.5, 0.6) is 5.75 Å². The van der Waals surface area contributed by atoms with Crippen LogP contribution in [0.15, 0.2) is 18.2 Å². The van der Waals surface area contributed by atoms with Gasteiger partial charge in [-0.25, -0.2) is 0 Å². The molecule has 0 fully saturated rings. The first-order chi connectivity index (χ1) is 8.00. The van der Waals surface area contributed by atoms with E-state index in [-0.39, 0.29) is 0 Å². The molecular formula is C11H13Cl2NO3. The Morgan fingerprint density at radius 2 is 2.24 bits per heavy atom. The number of benzene rings is 1. The topological polar surface area (TPSA) is 58.6 Å². The molecule has 0 bridgehead atoms. The largest absolute Gasteiger partial charge is 0.491 e. The highest BCUT2D eigenvalue weighted by Crippen LogP contribution is 2.27. The lowest BCUT2D eigenvalue weighted by atomic mass is 10.3. The summed E-state index contributed by atoms with van der Waals surface area (Å²) in [6.07, 6.45) is 0. The van der Waals surface area contributed by atoms with E-state index in [1.807, 2.05) is 0 Å². The van der Waals surface area contributed by atoms with Crippen LogP contribution >= 0.6 is 23.2 Å². The molecule has 0 radical (unpaired) electrons. The van der Waals surface area contributed by atoms with Crippen molar-refractivity contribution in [3.8, 4) is 5.75 Å². The summed E-state index contributed by atoms with van der Waals surface area (Å²) in [6, 6.07) is 4.34. The highest BCUT2D eigenvalue weighted by Gasteiger charge is 2.09. The lowest BCUT2D eigenvalue weighted by Gasteiger charge is -2.11. The third kappa shape index (κ3) is 4.81. The number of aliphatic carboxylic acids is 1. The molecule has 0 aromatic heterocycles. The van der Waals surface area contributed by atoms with Crippen molar-refractivity contribution >= 4 is 29.2 Å². The van der Waals surface area contributed by atoms with E-state index in [1.54, 1.807) is 25.1 Å². The van der Waals surface area contributed by atoms with E-state index < -0.39 is 12.0 Å². The molecule has 0 heterocycles. The molecule has 2 N–H and O–H groups in total. The first-order valence-electron chi connectivity index (χ1n) is 5.04. The van der Waals surface area contributed by atoms with Gasteiger partial charge in [0.25, 0.3) is 0 Å². The van der Waals surface area contributed by atoms with Crippen molar-refractivity contribution < 1.29 is 14.6 Å². The fourth-order valence-electron chi connectivity index (χ4n) is 1.12. The SMILES string of the molecule is C[C@H](NCCOc1ccc(Cl)cc1Cl)C(=O)O. The normalized spacial score (nSPS) is 12.2. The lowest BCUT2D eigenvalue weighted by Crippen LogP contribution is -2.36. The van der Waals surface area contributed by atoms with Gasteiger partial charge in [0, 0.05) is 11.6 Å². The zero-order valence-electron chi connectivity index (χ0n) is 9.24. The van der Waals surface area contributed by atoms with Crippen LogP contribution in [0.4, 0.5) is 0 Å². The molecule has 0 aliphatic heterocycles. The maximum atomic E-state index is 10.5. The molecule has 0 saturated heterocycles. The zero-order valence-corrected chi connectivity index (χ0v) is 10.8. The van der Waals surface area contributed by atoms with Gasteiger partial charge in [-0.2, -0.15) is 0 Å². The number of carboxylic acid groups (broad SMARTS) is 1. The van der Waals surface area contributed by atoms with Crippen molar-refractivity contribution in [3.05, 3.63) is 28.2 Å². The quantitative estimate of drug-likeness (QED) is 0.785. The van der Waals surface area contributed by atoms with Crippen LogP contribution in [-0.4, -0.2) is 30.3 Å². The Morgan fingerprint density at radius 1 is 1.53 bits per heavy atom. The van der Waals surface area contributed by atoms with Crippen molar-refractivity contribution in [2.24, 2.45) is 0 Å². The number of halogens is 2. The molecule has 0 aliphatic carbocycles. The minimum atomic E-state index is -0.894. The molecule has 17 heavy (non-hydrogen) atoms. The Hall–Kier alpha value is -0.970. The predicted molar refractivity (Wildman–Crippen MR) is 67.1 cm³/mol. The zero-order chi connectivity index (χ0) is 12.8. The van der Waals surface area contributed by atoms with E-state index in [0.717, 1.165) is 0 Å². The third-order valence-electron chi connectivity index (χ3n) is 2.07. The molecule has 0 unspecified atom stereocenters. The molecule has 0 spiro atoms. The van der Waals surface area contributed by atoms with Gasteiger partial charge < -0.3 is 15.2 Å². The van der Waals surface area contributed by atoms with Crippen molar-refractivity contribution in [1.82, 2.24) is 5.32 Å². The van der Waals surface area contributed by atoms with Crippen molar-refractivity contribution in [2.75, 3.05) is 13.2 Å². The van der Waals surface area contributed by atoms with Crippen LogP contribution in [0, 0.1) is 0 Å². The fourth-order valence-corrected chi connectivity index (χ4v) is 1.58. The first kappa shape index (κ1) is 14.1. The summed E-state index contributed by atoms with van der Waals surface area (Å²) >= 11 is 11.6. The summed E-state index contributed by atoms with van der Waals surface area (Å²) in [7, 11) is 0. The number of carboxylic acids is 1. The molecule has 6 heteroatoms. The van der Waals surface area contributed by atoms with E-state index in [1.165, 1.54) is 0 Å². The average Bonchev–Trinajstić information content (AvgIpc) is 2.26. The van der Waals surface area contributed by atoms with Gasteiger partial charge >= 0.3 is 5.97 Å². The molecule has 1 rings (SSSR count). The van der Waals surface area contributed by atoms with E-state index in [0.29, 0.717) is 28.9 Å². The van der Waals surface area contributed by atoms with Crippen molar-refractivity contribution in [1.29, 1.82) is 0 Å². The summed E-state index contributed by atoms with van der Waals surface area (Å²) in [5.41, 5.74) is 0. The maximum absolute atomic E-state index is 10.5. The fraction of sp³-hybridized carbons (Fsp3) is 0.364. The second-order valence-corrected chi connectivity index (χ2v) is 4.28. The molecule has 4 nitrogen and oxygen atoms in total. The van der Waals surface area contributed by atoms with Gasteiger partial charge in [-0.15, -0.1) is 0 Å². The van der Waals surface area contributed by atoms with Gasteiger partial charge in [0.1, 0.15) is 18.4 Å². The molecule has 0 aliphatic rings. The van der Waals surface area contributed by atoms with E-state index >= 15 is 0 Å². The molecule has 1 aromatic rings. The van der Waals surface area contributed by atoms with Crippen LogP contribution in [-0.2, 0) is 4.79 Å². The smallest absolute Gasteiger partial charge is 0.320 e. The second kappa shape index (κ2) is 6.69. The number of ether oxygens (including phenoxy) is 1. The van der Waals surface area contributed by atoms with Crippen molar-refractivity contribution in [3.63, 3.8) is 0 Å². The van der Waals surface area contributed by atoms with Gasteiger partial charge in [0.2, 0.25) is 0 Å². The molecule has 0 amide bonds. The Kier molecular flexibility index (Phi) is 5.55. The van der Waals surface area contributed by atoms with Crippen LogP contribution in [0.2, 0.25) is 10.0 Å². The third-order valence-corrected chi connectivity index (χ3v) is 2.60. The van der Waals surface area contributed by atoms with Crippen LogP contribution in [0.25, 0.3) is 0 Å². The Morgan fingerprint density at radius 3 is 2.82 bits per heavy atom. The lowest BCUT2D eigenvalue weighted by molar-refractivity contribution is -0.139. The minimum absolute atomic E-state index is 0.332. The van der Waals surface area contributed by atoms with Crippen LogP contribution in [0.1, 0.15) is 6.92 Å². The number of carbonyl (C=O) groups is 1. The number of nitrogens with one attached hydrogen (secondary N) is 1. The molecule has 0 saturated carbocycles. The van der Waals surface area contributed by atoms with Gasteiger partial charge in [0.05, 0.1) is 5.02 Å². The summed E-state index contributed by atoms with van der Waals surface area (Å²) in [5.74, 6) is -0.365.